The van der Waals surface area contributed by atoms with Gasteiger partial charge in [0.15, 0.2) is 0 Å². The minimum absolute atomic E-state index is 0.0227. The van der Waals surface area contributed by atoms with Crippen molar-refractivity contribution in [3.05, 3.63) is 29.3 Å². The summed E-state index contributed by atoms with van der Waals surface area (Å²) in [7, 11) is 0. The molecule has 0 spiro atoms. The van der Waals surface area contributed by atoms with E-state index in [0.717, 1.165) is 37.3 Å². The Balaban J connectivity index is 2.42. The number of phenols is 1. The van der Waals surface area contributed by atoms with Gasteiger partial charge in [0, 0.05) is 49.8 Å². The maximum atomic E-state index is 10.4. The van der Waals surface area contributed by atoms with Gasteiger partial charge >= 0.3 is 0 Å². The molecule has 1 fully saturated rings. The average Bonchev–Trinajstić information content (AvgIpc) is 2.45. The van der Waals surface area contributed by atoms with E-state index in [1.165, 1.54) is 0 Å². The topological polar surface area (TPSA) is 55.7 Å². The predicted octanol–water partition coefficient (Wildman–Crippen LogP) is 1.67. The Morgan fingerprint density at radius 2 is 1.95 bits per heavy atom. The van der Waals surface area contributed by atoms with Gasteiger partial charge in [-0.05, 0) is 12.5 Å². The van der Waals surface area contributed by atoms with Crippen molar-refractivity contribution in [1.29, 1.82) is 0 Å². The number of nitrogens with one attached hydrogen (secondary N) is 1. The molecule has 1 saturated heterocycles. The van der Waals surface area contributed by atoms with E-state index in [1.54, 1.807) is 0 Å². The molecule has 0 unspecified atom stereocenters. The first-order valence-corrected chi connectivity index (χ1v) is 7.31. The molecular weight excluding hydrogens is 252 g/mol. The van der Waals surface area contributed by atoms with E-state index in [1.807, 2.05) is 25.1 Å². The SMILES string of the molecule is Cc1cccc([C@@H](N2CCNCC2)C(C)(C)CO)c1O. The molecule has 112 valence electrons. The van der Waals surface area contributed by atoms with Crippen LogP contribution in [-0.4, -0.2) is 47.9 Å². The summed E-state index contributed by atoms with van der Waals surface area (Å²) in [5.41, 5.74) is 1.50. The van der Waals surface area contributed by atoms with Gasteiger partial charge in [-0.1, -0.05) is 32.0 Å². The molecule has 1 aromatic rings. The third-order valence-electron chi connectivity index (χ3n) is 4.23. The summed E-state index contributed by atoms with van der Waals surface area (Å²) in [5.74, 6) is 0.359. The zero-order chi connectivity index (χ0) is 14.8. The number of aromatic hydroxyl groups is 1. The number of hydrogen-bond donors (Lipinski definition) is 3. The lowest BCUT2D eigenvalue weighted by Gasteiger charge is -2.43. The van der Waals surface area contributed by atoms with Gasteiger partial charge < -0.3 is 15.5 Å². The third-order valence-corrected chi connectivity index (χ3v) is 4.23. The highest BCUT2D eigenvalue weighted by atomic mass is 16.3. The molecule has 0 saturated carbocycles. The standard InChI is InChI=1S/C16H26N2O2/c1-12-5-4-6-13(14(12)20)15(16(2,3)11-19)18-9-7-17-8-10-18/h4-6,15,17,19-20H,7-11H2,1-3H3/t15-/m1/s1. The maximum Gasteiger partial charge on any atom is 0.123 e. The van der Waals surface area contributed by atoms with Gasteiger partial charge in [-0.3, -0.25) is 4.90 Å². The molecule has 1 heterocycles. The van der Waals surface area contributed by atoms with Crippen LogP contribution in [0.15, 0.2) is 18.2 Å². The van der Waals surface area contributed by atoms with E-state index in [9.17, 15) is 10.2 Å². The van der Waals surface area contributed by atoms with Crippen LogP contribution in [0.3, 0.4) is 0 Å². The largest absolute Gasteiger partial charge is 0.507 e. The second-order valence-electron chi connectivity index (χ2n) is 6.35. The molecule has 4 heteroatoms. The average molecular weight is 278 g/mol. The van der Waals surface area contributed by atoms with E-state index in [-0.39, 0.29) is 18.1 Å². The van der Waals surface area contributed by atoms with E-state index >= 15 is 0 Å². The van der Waals surface area contributed by atoms with Crippen LogP contribution in [-0.2, 0) is 0 Å². The van der Waals surface area contributed by atoms with Crippen LogP contribution < -0.4 is 5.32 Å². The molecule has 20 heavy (non-hydrogen) atoms. The van der Waals surface area contributed by atoms with Gasteiger partial charge in [-0.15, -0.1) is 0 Å². The lowest BCUT2D eigenvalue weighted by molar-refractivity contribution is 0.0292. The molecule has 0 radical (unpaired) electrons. The lowest BCUT2D eigenvalue weighted by atomic mass is 9.79. The van der Waals surface area contributed by atoms with Gasteiger partial charge in [0.25, 0.3) is 0 Å². The Morgan fingerprint density at radius 1 is 1.30 bits per heavy atom. The number of aliphatic hydroxyl groups excluding tert-OH is 1. The van der Waals surface area contributed by atoms with Crippen molar-refractivity contribution in [1.82, 2.24) is 10.2 Å². The van der Waals surface area contributed by atoms with Crippen LogP contribution in [0.1, 0.15) is 31.0 Å². The number of phenolic OH excluding ortho intramolecular Hbond substituents is 1. The fourth-order valence-corrected chi connectivity index (χ4v) is 3.04. The first-order valence-electron chi connectivity index (χ1n) is 7.31. The summed E-state index contributed by atoms with van der Waals surface area (Å²) in [4.78, 5) is 2.36. The number of rotatable bonds is 4. The van der Waals surface area contributed by atoms with Crippen molar-refractivity contribution in [2.24, 2.45) is 5.41 Å². The zero-order valence-electron chi connectivity index (χ0n) is 12.7. The number of benzene rings is 1. The van der Waals surface area contributed by atoms with E-state index in [2.05, 4.69) is 24.1 Å². The molecule has 0 aliphatic carbocycles. The highest BCUT2D eigenvalue weighted by Gasteiger charge is 2.37. The molecule has 2 rings (SSSR count). The summed E-state index contributed by atoms with van der Waals surface area (Å²) < 4.78 is 0. The summed E-state index contributed by atoms with van der Waals surface area (Å²) in [6, 6.07) is 5.90. The molecular formula is C16H26N2O2. The predicted molar refractivity (Wildman–Crippen MR) is 80.9 cm³/mol. The van der Waals surface area contributed by atoms with Gasteiger partial charge in [0.2, 0.25) is 0 Å². The van der Waals surface area contributed by atoms with Crippen molar-refractivity contribution in [2.45, 2.75) is 26.8 Å². The summed E-state index contributed by atoms with van der Waals surface area (Å²) in [5, 5.41) is 23.6. The summed E-state index contributed by atoms with van der Waals surface area (Å²) in [6.45, 7) is 9.88. The molecule has 0 aromatic heterocycles. The van der Waals surface area contributed by atoms with Crippen molar-refractivity contribution in [3.63, 3.8) is 0 Å². The maximum absolute atomic E-state index is 10.4. The molecule has 3 N–H and O–H groups in total. The quantitative estimate of drug-likeness (QED) is 0.784. The smallest absolute Gasteiger partial charge is 0.123 e. The molecule has 0 bridgehead atoms. The first-order chi connectivity index (χ1) is 9.47. The van der Waals surface area contributed by atoms with E-state index in [0.29, 0.717) is 5.75 Å². The number of aliphatic hydroxyl groups is 1. The van der Waals surface area contributed by atoms with Crippen molar-refractivity contribution < 1.29 is 10.2 Å². The van der Waals surface area contributed by atoms with Gasteiger partial charge in [-0.25, -0.2) is 0 Å². The van der Waals surface area contributed by atoms with Crippen molar-refractivity contribution >= 4 is 0 Å². The molecule has 1 atom stereocenters. The van der Waals surface area contributed by atoms with Crippen LogP contribution >= 0.6 is 0 Å². The third kappa shape index (κ3) is 2.97. The number of piperazine rings is 1. The van der Waals surface area contributed by atoms with E-state index in [4.69, 9.17) is 0 Å². The second-order valence-corrected chi connectivity index (χ2v) is 6.35. The molecule has 0 amide bonds. The van der Waals surface area contributed by atoms with Gasteiger partial charge in [0.05, 0.1) is 0 Å². The lowest BCUT2D eigenvalue weighted by Crippen LogP contribution is -2.49. The monoisotopic (exact) mass is 278 g/mol. The Morgan fingerprint density at radius 3 is 2.55 bits per heavy atom. The highest BCUT2D eigenvalue weighted by molar-refractivity contribution is 5.42. The minimum Gasteiger partial charge on any atom is -0.507 e. The molecule has 1 aliphatic rings. The number of nitrogens with zero attached hydrogens (tertiary/aromatic N) is 1. The Bertz CT molecular complexity index is 454. The van der Waals surface area contributed by atoms with Crippen LogP contribution in [0.4, 0.5) is 0 Å². The van der Waals surface area contributed by atoms with E-state index < -0.39 is 0 Å². The number of hydrogen-bond acceptors (Lipinski definition) is 4. The van der Waals surface area contributed by atoms with Crippen molar-refractivity contribution in [3.8, 4) is 5.75 Å². The van der Waals surface area contributed by atoms with Gasteiger partial charge in [0.1, 0.15) is 5.75 Å². The molecule has 1 aromatic carbocycles. The summed E-state index contributed by atoms with van der Waals surface area (Å²) >= 11 is 0. The molecule has 4 nitrogen and oxygen atoms in total. The van der Waals surface area contributed by atoms with Crippen LogP contribution in [0.25, 0.3) is 0 Å². The Kier molecular flexibility index (Phi) is 4.68. The van der Waals surface area contributed by atoms with Crippen LogP contribution in [0.2, 0.25) is 0 Å². The van der Waals surface area contributed by atoms with Crippen LogP contribution in [0, 0.1) is 12.3 Å². The number of para-hydroxylation sites is 1. The Labute approximate surface area is 121 Å². The van der Waals surface area contributed by atoms with Gasteiger partial charge in [-0.2, -0.15) is 0 Å². The minimum atomic E-state index is -0.303. The summed E-state index contributed by atoms with van der Waals surface area (Å²) in [6.07, 6.45) is 0. The highest BCUT2D eigenvalue weighted by Crippen LogP contribution is 2.42. The first kappa shape index (κ1) is 15.3. The van der Waals surface area contributed by atoms with Crippen molar-refractivity contribution in [2.75, 3.05) is 32.8 Å². The normalized spacial score (nSPS) is 19.0. The Hall–Kier alpha value is -1.10. The second kappa shape index (κ2) is 6.12. The van der Waals surface area contributed by atoms with Crippen LogP contribution in [0.5, 0.6) is 5.75 Å². The fourth-order valence-electron chi connectivity index (χ4n) is 3.04. The molecule has 1 aliphatic heterocycles. The number of aryl methyl sites for hydroxylation is 1. The zero-order valence-corrected chi connectivity index (χ0v) is 12.7. The fraction of sp³-hybridized carbons (Fsp3) is 0.625.